The lowest BCUT2D eigenvalue weighted by molar-refractivity contribution is -0.139. The zero-order valence-corrected chi connectivity index (χ0v) is 21.6. The first-order valence-corrected chi connectivity index (χ1v) is 13.5. The highest BCUT2D eigenvalue weighted by Gasteiger charge is 2.30. The van der Waals surface area contributed by atoms with E-state index < -0.39 is 6.04 Å². The van der Waals surface area contributed by atoms with Crippen LogP contribution in [-0.2, 0) is 28.3 Å². The van der Waals surface area contributed by atoms with Crippen molar-refractivity contribution in [3.05, 3.63) is 107 Å². The Hall–Kier alpha value is -3.05. The van der Waals surface area contributed by atoms with Crippen molar-refractivity contribution in [2.75, 3.05) is 12.3 Å². The largest absolute Gasteiger partial charge is 0.354 e. The quantitative estimate of drug-likeness (QED) is 0.310. The fourth-order valence-corrected chi connectivity index (χ4v) is 4.85. The Balaban J connectivity index is 1.83. The third-order valence-electron chi connectivity index (χ3n) is 5.87. The lowest BCUT2D eigenvalue weighted by Gasteiger charge is -2.31. The average Bonchev–Trinajstić information content (AvgIpc) is 2.87. The molecular formula is C30H36N2O2S. The van der Waals surface area contributed by atoms with Crippen LogP contribution in [0.4, 0.5) is 0 Å². The van der Waals surface area contributed by atoms with Gasteiger partial charge in [-0.1, -0.05) is 104 Å². The minimum absolute atomic E-state index is 0.0148. The van der Waals surface area contributed by atoms with Crippen LogP contribution < -0.4 is 5.32 Å². The molecule has 2 amide bonds. The van der Waals surface area contributed by atoms with Crippen molar-refractivity contribution < 1.29 is 9.59 Å². The molecule has 1 atom stereocenters. The fourth-order valence-electron chi connectivity index (χ4n) is 3.98. The minimum Gasteiger partial charge on any atom is -0.354 e. The topological polar surface area (TPSA) is 49.4 Å². The second-order valence-corrected chi connectivity index (χ2v) is 9.82. The Bertz CT molecular complexity index is 1060. The number of unbranched alkanes of at least 4 members (excludes halogenated alkanes) is 1. The molecule has 4 nitrogen and oxygen atoms in total. The Labute approximate surface area is 214 Å². The SMILES string of the molecule is CCCCNC(=O)C(Cc1ccccc1)N(Cc1cccc(C)c1)C(=O)CSCc1ccccc1. The Morgan fingerprint density at radius 2 is 1.54 bits per heavy atom. The molecule has 0 aromatic heterocycles. The number of hydrogen-bond donors (Lipinski definition) is 1. The van der Waals surface area contributed by atoms with Crippen LogP contribution in [0.25, 0.3) is 0 Å². The van der Waals surface area contributed by atoms with Crippen LogP contribution in [0, 0.1) is 6.92 Å². The van der Waals surface area contributed by atoms with E-state index in [2.05, 4.69) is 30.4 Å². The van der Waals surface area contributed by atoms with Crippen molar-refractivity contribution in [1.82, 2.24) is 10.2 Å². The summed E-state index contributed by atoms with van der Waals surface area (Å²) >= 11 is 1.59. The van der Waals surface area contributed by atoms with Gasteiger partial charge in [-0.05, 0) is 30.0 Å². The molecular weight excluding hydrogens is 452 g/mol. The average molecular weight is 489 g/mol. The van der Waals surface area contributed by atoms with Crippen LogP contribution >= 0.6 is 11.8 Å². The molecule has 1 N–H and O–H groups in total. The summed E-state index contributed by atoms with van der Waals surface area (Å²) in [4.78, 5) is 28.8. The summed E-state index contributed by atoms with van der Waals surface area (Å²) in [5, 5.41) is 3.08. The van der Waals surface area contributed by atoms with Crippen molar-refractivity contribution >= 4 is 23.6 Å². The molecule has 0 aliphatic carbocycles. The molecule has 0 saturated heterocycles. The minimum atomic E-state index is -0.570. The van der Waals surface area contributed by atoms with Crippen LogP contribution in [0.5, 0.6) is 0 Å². The maximum absolute atomic E-state index is 13.6. The summed E-state index contributed by atoms with van der Waals surface area (Å²) in [5.41, 5.74) is 4.40. The van der Waals surface area contributed by atoms with Gasteiger partial charge < -0.3 is 10.2 Å². The first-order valence-electron chi connectivity index (χ1n) is 12.3. The molecule has 0 aliphatic heterocycles. The summed E-state index contributed by atoms with van der Waals surface area (Å²) < 4.78 is 0. The maximum Gasteiger partial charge on any atom is 0.243 e. The number of thioether (sulfide) groups is 1. The van der Waals surface area contributed by atoms with Crippen LogP contribution in [0.3, 0.4) is 0 Å². The molecule has 0 bridgehead atoms. The van der Waals surface area contributed by atoms with Gasteiger partial charge in [0.25, 0.3) is 0 Å². The number of benzene rings is 3. The summed E-state index contributed by atoms with van der Waals surface area (Å²) in [6, 6.07) is 27.7. The van der Waals surface area contributed by atoms with Crippen LogP contribution in [0.2, 0.25) is 0 Å². The molecule has 0 radical (unpaired) electrons. The van der Waals surface area contributed by atoms with Gasteiger partial charge in [-0.25, -0.2) is 0 Å². The van der Waals surface area contributed by atoms with Gasteiger partial charge in [0, 0.05) is 25.3 Å². The van der Waals surface area contributed by atoms with Gasteiger partial charge in [-0.15, -0.1) is 11.8 Å². The third kappa shape index (κ3) is 8.91. The lowest BCUT2D eigenvalue weighted by Crippen LogP contribution is -2.51. The molecule has 0 heterocycles. The van der Waals surface area contributed by atoms with Crippen LogP contribution in [0.1, 0.15) is 42.0 Å². The number of hydrogen-bond acceptors (Lipinski definition) is 3. The molecule has 1 unspecified atom stereocenters. The monoisotopic (exact) mass is 488 g/mol. The number of amides is 2. The predicted molar refractivity (Wildman–Crippen MR) is 146 cm³/mol. The van der Waals surface area contributed by atoms with E-state index in [1.165, 1.54) is 5.56 Å². The maximum atomic E-state index is 13.6. The Morgan fingerprint density at radius 1 is 0.886 bits per heavy atom. The van der Waals surface area contributed by atoms with E-state index in [9.17, 15) is 9.59 Å². The van der Waals surface area contributed by atoms with E-state index in [4.69, 9.17) is 0 Å². The first kappa shape index (κ1) is 26.6. The molecule has 3 aromatic carbocycles. The molecule has 0 saturated carbocycles. The van der Waals surface area contributed by atoms with Crippen molar-refractivity contribution in [2.45, 2.75) is 51.4 Å². The van der Waals surface area contributed by atoms with Crippen LogP contribution in [0.15, 0.2) is 84.9 Å². The summed E-state index contributed by atoms with van der Waals surface area (Å²) in [5.74, 6) is 0.987. The fraction of sp³-hybridized carbons (Fsp3) is 0.333. The van der Waals surface area contributed by atoms with E-state index in [1.54, 1.807) is 16.7 Å². The number of aryl methyl sites for hydroxylation is 1. The van der Waals surface area contributed by atoms with Gasteiger partial charge in [-0.3, -0.25) is 9.59 Å². The molecule has 184 valence electrons. The van der Waals surface area contributed by atoms with E-state index in [1.807, 2.05) is 73.7 Å². The van der Waals surface area contributed by atoms with Gasteiger partial charge in [0.1, 0.15) is 6.04 Å². The van der Waals surface area contributed by atoms with E-state index in [-0.39, 0.29) is 11.8 Å². The summed E-state index contributed by atoms with van der Waals surface area (Å²) in [7, 11) is 0. The normalized spacial score (nSPS) is 11.6. The Kier molecular flexibility index (Phi) is 10.9. The molecule has 3 rings (SSSR count). The van der Waals surface area contributed by atoms with Gasteiger partial charge in [-0.2, -0.15) is 0 Å². The van der Waals surface area contributed by atoms with Crippen molar-refractivity contribution in [2.24, 2.45) is 0 Å². The van der Waals surface area contributed by atoms with E-state index >= 15 is 0 Å². The first-order chi connectivity index (χ1) is 17.1. The summed E-state index contributed by atoms with van der Waals surface area (Å²) in [6.45, 7) is 5.18. The zero-order valence-electron chi connectivity index (χ0n) is 20.8. The highest BCUT2D eigenvalue weighted by atomic mass is 32.2. The second-order valence-electron chi connectivity index (χ2n) is 8.84. The number of nitrogens with one attached hydrogen (secondary N) is 1. The number of nitrogens with zero attached hydrogens (tertiary/aromatic N) is 1. The molecule has 0 fully saturated rings. The van der Waals surface area contributed by atoms with Gasteiger partial charge in [0.15, 0.2) is 0 Å². The molecule has 3 aromatic rings. The standard InChI is InChI=1S/C30H36N2O2S/c1-3-4-18-31-30(34)28(20-25-13-7-5-8-14-25)32(21-27-17-11-12-24(2)19-27)29(33)23-35-22-26-15-9-6-10-16-26/h5-17,19,28H,3-4,18,20-23H2,1-2H3,(H,31,34). The van der Waals surface area contributed by atoms with Gasteiger partial charge in [0.05, 0.1) is 5.75 Å². The third-order valence-corrected chi connectivity index (χ3v) is 6.86. The Morgan fingerprint density at radius 3 is 2.20 bits per heavy atom. The van der Waals surface area contributed by atoms with Crippen LogP contribution in [-0.4, -0.2) is 35.1 Å². The molecule has 0 spiro atoms. The van der Waals surface area contributed by atoms with Gasteiger partial charge in [0.2, 0.25) is 11.8 Å². The van der Waals surface area contributed by atoms with Crippen molar-refractivity contribution in [3.8, 4) is 0 Å². The smallest absolute Gasteiger partial charge is 0.243 e. The molecule has 0 aliphatic rings. The number of carbonyl (C=O) groups excluding carboxylic acids is 2. The predicted octanol–water partition coefficient (Wildman–Crippen LogP) is 5.78. The summed E-state index contributed by atoms with van der Waals surface area (Å²) in [6.07, 6.45) is 2.41. The number of rotatable bonds is 13. The highest BCUT2D eigenvalue weighted by molar-refractivity contribution is 7.99. The number of carbonyl (C=O) groups is 2. The highest BCUT2D eigenvalue weighted by Crippen LogP contribution is 2.19. The molecule has 35 heavy (non-hydrogen) atoms. The van der Waals surface area contributed by atoms with E-state index in [0.717, 1.165) is 35.3 Å². The van der Waals surface area contributed by atoms with E-state index in [0.29, 0.717) is 25.3 Å². The second kappa shape index (κ2) is 14.4. The van der Waals surface area contributed by atoms with Gasteiger partial charge >= 0.3 is 0 Å². The van der Waals surface area contributed by atoms with Crippen molar-refractivity contribution in [1.29, 1.82) is 0 Å². The van der Waals surface area contributed by atoms with Crippen molar-refractivity contribution in [3.63, 3.8) is 0 Å². The zero-order chi connectivity index (χ0) is 24.9. The molecule has 5 heteroatoms. The lowest BCUT2D eigenvalue weighted by atomic mass is 10.0.